The summed E-state index contributed by atoms with van der Waals surface area (Å²) in [5.74, 6) is 3.01. The van der Waals surface area contributed by atoms with Crippen molar-refractivity contribution in [2.75, 3.05) is 6.61 Å². The molecule has 0 aliphatic carbocycles. The van der Waals surface area contributed by atoms with Crippen LogP contribution in [0.25, 0.3) is 10.8 Å². The second kappa shape index (κ2) is 9.65. The Labute approximate surface area is 190 Å². The summed E-state index contributed by atoms with van der Waals surface area (Å²) in [4.78, 5) is 22.0. The highest BCUT2D eigenvalue weighted by atomic mass is 32.1. The van der Waals surface area contributed by atoms with E-state index in [9.17, 15) is 4.79 Å². The molecule has 3 heterocycles. The zero-order chi connectivity index (χ0) is 22.5. The van der Waals surface area contributed by atoms with Gasteiger partial charge in [0.25, 0.3) is 5.91 Å². The van der Waals surface area contributed by atoms with Crippen molar-refractivity contribution in [2.24, 2.45) is 0 Å². The van der Waals surface area contributed by atoms with Crippen molar-refractivity contribution in [2.45, 2.75) is 27.3 Å². The number of hydrogen-bond donors (Lipinski definition) is 1. The molecule has 0 unspecified atom stereocenters. The molecule has 0 saturated heterocycles. The first-order valence-electron chi connectivity index (χ1n) is 10.2. The first kappa shape index (κ1) is 21.6. The van der Waals surface area contributed by atoms with Gasteiger partial charge in [0.05, 0.1) is 12.3 Å². The van der Waals surface area contributed by atoms with Gasteiger partial charge in [-0.2, -0.15) is 0 Å². The van der Waals surface area contributed by atoms with Gasteiger partial charge >= 0.3 is 0 Å². The summed E-state index contributed by atoms with van der Waals surface area (Å²) in [6.45, 7) is 6.51. The number of para-hydroxylation sites is 2. The van der Waals surface area contributed by atoms with Crippen LogP contribution in [0.4, 0.5) is 0 Å². The van der Waals surface area contributed by atoms with Crippen molar-refractivity contribution in [3.05, 3.63) is 76.6 Å². The van der Waals surface area contributed by atoms with E-state index in [0.29, 0.717) is 51.9 Å². The lowest BCUT2D eigenvalue weighted by atomic mass is 10.2. The second-order valence-electron chi connectivity index (χ2n) is 7.01. The van der Waals surface area contributed by atoms with E-state index in [1.807, 2.05) is 63.2 Å². The predicted octanol–water partition coefficient (Wildman–Crippen LogP) is 5.54. The van der Waals surface area contributed by atoms with Gasteiger partial charge < -0.3 is 19.2 Å². The number of furan rings is 1. The number of carbonyl (C=O) groups is 1. The van der Waals surface area contributed by atoms with E-state index in [4.69, 9.17) is 13.9 Å². The minimum Gasteiger partial charge on any atom is -0.490 e. The fourth-order valence-electron chi connectivity index (χ4n) is 3.02. The highest BCUT2D eigenvalue weighted by molar-refractivity contribution is 7.17. The molecule has 4 rings (SSSR count). The van der Waals surface area contributed by atoms with Gasteiger partial charge in [-0.05, 0) is 50.6 Å². The molecule has 0 saturated carbocycles. The largest absolute Gasteiger partial charge is 0.490 e. The normalized spacial score (nSPS) is 10.7. The Morgan fingerprint density at radius 2 is 1.91 bits per heavy atom. The summed E-state index contributed by atoms with van der Waals surface area (Å²) >= 11 is 1.31. The highest BCUT2D eigenvalue weighted by Gasteiger charge is 2.17. The maximum Gasteiger partial charge on any atom is 0.263 e. The first-order valence-corrected chi connectivity index (χ1v) is 11.0. The molecule has 1 amide bonds. The number of thiazole rings is 1. The molecule has 0 radical (unpaired) electrons. The van der Waals surface area contributed by atoms with E-state index in [1.165, 1.54) is 11.3 Å². The fraction of sp³-hybridized carbons (Fsp3) is 0.208. The van der Waals surface area contributed by atoms with Gasteiger partial charge in [-0.25, -0.2) is 9.97 Å². The van der Waals surface area contributed by atoms with Gasteiger partial charge in [-0.15, -0.1) is 11.3 Å². The monoisotopic (exact) mass is 449 g/mol. The molecule has 0 spiro atoms. The molecule has 32 heavy (non-hydrogen) atoms. The second-order valence-corrected chi connectivity index (χ2v) is 8.01. The Balaban J connectivity index is 1.37. The zero-order valence-corrected chi connectivity index (χ0v) is 18.9. The number of benzene rings is 1. The maximum absolute atomic E-state index is 12.7. The standard InChI is InChI=1S/C24H23N3O4S/c1-4-29-18-7-5-6-8-19(18)31-21-12-10-17(13-25-21)14-26-23(28)22-16(3)27-24(32-22)20-11-9-15(2)30-20/h5-13H,4,14H2,1-3H3,(H,26,28). The van der Waals surface area contributed by atoms with Crippen LogP contribution in [0.5, 0.6) is 17.4 Å². The molecule has 1 aromatic carbocycles. The number of hydrogen-bond acceptors (Lipinski definition) is 7. The predicted molar refractivity (Wildman–Crippen MR) is 122 cm³/mol. The number of carbonyl (C=O) groups excluding carboxylic acids is 1. The number of pyridine rings is 1. The smallest absolute Gasteiger partial charge is 0.263 e. The molecular formula is C24H23N3O4S. The molecule has 1 N–H and O–H groups in total. The zero-order valence-electron chi connectivity index (χ0n) is 18.0. The third-order valence-corrected chi connectivity index (χ3v) is 5.74. The van der Waals surface area contributed by atoms with Crippen molar-refractivity contribution >= 4 is 17.2 Å². The van der Waals surface area contributed by atoms with Crippen LogP contribution in [0.1, 0.15) is 33.6 Å². The third-order valence-electron chi connectivity index (χ3n) is 4.57. The van der Waals surface area contributed by atoms with E-state index in [1.54, 1.807) is 12.3 Å². The van der Waals surface area contributed by atoms with Crippen LogP contribution < -0.4 is 14.8 Å². The lowest BCUT2D eigenvalue weighted by Crippen LogP contribution is -2.22. The summed E-state index contributed by atoms with van der Waals surface area (Å²) in [7, 11) is 0. The van der Waals surface area contributed by atoms with Crippen LogP contribution in [0.3, 0.4) is 0 Å². The average molecular weight is 450 g/mol. The van der Waals surface area contributed by atoms with Crippen LogP contribution in [-0.4, -0.2) is 22.5 Å². The minimum absolute atomic E-state index is 0.180. The van der Waals surface area contributed by atoms with E-state index in [0.717, 1.165) is 11.3 Å². The molecule has 0 atom stereocenters. The van der Waals surface area contributed by atoms with Gasteiger partial charge in [0.1, 0.15) is 10.6 Å². The van der Waals surface area contributed by atoms with E-state index >= 15 is 0 Å². The Morgan fingerprint density at radius 1 is 1.09 bits per heavy atom. The molecule has 7 nitrogen and oxygen atoms in total. The van der Waals surface area contributed by atoms with Crippen LogP contribution in [0.15, 0.2) is 59.1 Å². The molecule has 0 fully saturated rings. The van der Waals surface area contributed by atoms with Crippen molar-refractivity contribution < 1.29 is 18.7 Å². The number of rotatable bonds is 8. The molecule has 164 valence electrons. The van der Waals surface area contributed by atoms with Gasteiger partial charge in [-0.1, -0.05) is 18.2 Å². The van der Waals surface area contributed by atoms with Crippen molar-refractivity contribution in [1.82, 2.24) is 15.3 Å². The Kier molecular flexibility index (Phi) is 6.51. The highest BCUT2D eigenvalue weighted by Crippen LogP contribution is 2.31. The van der Waals surface area contributed by atoms with Crippen LogP contribution in [-0.2, 0) is 6.54 Å². The van der Waals surface area contributed by atoms with E-state index in [2.05, 4.69) is 15.3 Å². The van der Waals surface area contributed by atoms with Crippen molar-refractivity contribution in [3.63, 3.8) is 0 Å². The van der Waals surface area contributed by atoms with Crippen LogP contribution in [0.2, 0.25) is 0 Å². The molecule has 4 aromatic rings. The number of aromatic nitrogens is 2. The quantitative estimate of drug-likeness (QED) is 0.380. The lowest BCUT2D eigenvalue weighted by molar-refractivity contribution is 0.0954. The average Bonchev–Trinajstić information content (AvgIpc) is 3.40. The molecule has 3 aromatic heterocycles. The van der Waals surface area contributed by atoms with Gasteiger partial charge in [0.15, 0.2) is 22.3 Å². The van der Waals surface area contributed by atoms with Crippen molar-refractivity contribution in [3.8, 4) is 28.1 Å². The Hall–Kier alpha value is -3.65. The molecular weight excluding hydrogens is 426 g/mol. The summed E-state index contributed by atoms with van der Waals surface area (Å²) in [6, 6.07) is 14.8. The van der Waals surface area contributed by atoms with E-state index in [-0.39, 0.29) is 5.91 Å². The minimum atomic E-state index is -0.180. The topological polar surface area (TPSA) is 86.5 Å². The van der Waals surface area contributed by atoms with Crippen LogP contribution in [0, 0.1) is 13.8 Å². The summed E-state index contributed by atoms with van der Waals surface area (Å²) < 4.78 is 17.0. The number of nitrogens with zero attached hydrogens (tertiary/aromatic N) is 2. The lowest BCUT2D eigenvalue weighted by Gasteiger charge is -2.11. The summed E-state index contributed by atoms with van der Waals surface area (Å²) in [6.07, 6.45) is 1.68. The van der Waals surface area contributed by atoms with Crippen LogP contribution >= 0.6 is 11.3 Å². The number of nitrogens with one attached hydrogen (secondary N) is 1. The number of aryl methyl sites for hydroxylation is 2. The van der Waals surface area contributed by atoms with Crippen molar-refractivity contribution in [1.29, 1.82) is 0 Å². The molecule has 0 bridgehead atoms. The Bertz CT molecular complexity index is 1210. The molecule has 0 aliphatic rings. The SMILES string of the molecule is CCOc1ccccc1Oc1ccc(CNC(=O)c2sc(-c3ccc(C)o3)nc2C)cn1. The first-order chi connectivity index (χ1) is 15.5. The Morgan fingerprint density at radius 3 is 2.59 bits per heavy atom. The van der Waals surface area contributed by atoms with Gasteiger partial charge in [-0.3, -0.25) is 4.79 Å². The summed E-state index contributed by atoms with van der Waals surface area (Å²) in [5, 5.41) is 3.61. The molecule has 8 heteroatoms. The number of amides is 1. The van der Waals surface area contributed by atoms with Gasteiger partial charge in [0.2, 0.25) is 5.88 Å². The number of ether oxygens (including phenoxy) is 2. The molecule has 0 aliphatic heterocycles. The van der Waals surface area contributed by atoms with E-state index < -0.39 is 0 Å². The maximum atomic E-state index is 12.7. The third kappa shape index (κ3) is 4.97. The fourth-order valence-corrected chi connectivity index (χ4v) is 3.97. The summed E-state index contributed by atoms with van der Waals surface area (Å²) in [5.41, 5.74) is 1.53. The van der Waals surface area contributed by atoms with Gasteiger partial charge in [0, 0.05) is 18.8 Å².